The molecule has 0 aromatic heterocycles. The van der Waals surface area contributed by atoms with Crippen molar-refractivity contribution in [3.63, 3.8) is 0 Å². The van der Waals surface area contributed by atoms with Crippen LogP contribution < -0.4 is 5.73 Å². The summed E-state index contributed by atoms with van der Waals surface area (Å²) in [7, 11) is 0. The van der Waals surface area contributed by atoms with E-state index in [1.165, 1.54) is 58.2 Å². The van der Waals surface area contributed by atoms with Crippen LogP contribution in [0.3, 0.4) is 0 Å². The molecule has 0 atom stereocenters. The molecule has 2 nitrogen and oxygen atoms in total. The highest BCUT2D eigenvalue weighted by Crippen LogP contribution is 2.29. The summed E-state index contributed by atoms with van der Waals surface area (Å²) >= 11 is 0. The van der Waals surface area contributed by atoms with Gasteiger partial charge in [0.15, 0.2) is 0 Å². The molecule has 0 radical (unpaired) electrons. The standard InChI is InChI=1S/C14H28N2.ClH/c1-12-2-4-14(5-3-12)11-16-8-6-13(10-15)7-9-16;/h12-14H,2-11,15H2,1H3;1H. The molecular formula is C14H29ClN2. The predicted octanol–water partition coefficient (Wildman–Crippen LogP) is 2.91. The largest absolute Gasteiger partial charge is 0.330 e. The van der Waals surface area contributed by atoms with Gasteiger partial charge in [-0.2, -0.15) is 0 Å². The number of hydrogen-bond acceptors (Lipinski definition) is 2. The van der Waals surface area contributed by atoms with Crippen LogP contribution in [0.4, 0.5) is 0 Å². The molecule has 0 aromatic carbocycles. The van der Waals surface area contributed by atoms with E-state index in [1.54, 1.807) is 0 Å². The summed E-state index contributed by atoms with van der Waals surface area (Å²) in [6.07, 6.45) is 8.53. The SMILES string of the molecule is CC1CCC(CN2CCC(CN)CC2)CC1.Cl. The van der Waals surface area contributed by atoms with Crippen LogP contribution in [0.25, 0.3) is 0 Å². The second kappa shape index (κ2) is 7.60. The van der Waals surface area contributed by atoms with Crippen molar-refractivity contribution in [3.8, 4) is 0 Å². The van der Waals surface area contributed by atoms with Gasteiger partial charge in [-0.1, -0.05) is 19.8 Å². The molecule has 3 heteroatoms. The molecule has 0 unspecified atom stereocenters. The first-order valence-corrected chi connectivity index (χ1v) is 7.20. The van der Waals surface area contributed by atoms with Crippen LogP contribution in [0.5, 0.6) is 0 Å². The lowest BCUT2D eigenvalue weighted by atomic mass is 9.82. The average molecular weight is 261 g/mol. The summed E-state index contributed by atoms with van der Waals surface area (Å²) in [5.74, 6) is 2.78. The molecule has 17 heavy (non-hydrogen) atoms. The normalized spacial score (nSPS) is 32.1. The maximum Gasteiger partial charge on any atom is 0.000966 e. The molecule has 2 N–H and O–H groups in total. The number of rotatable bonds is 3. The quantitative estimate of drug-likeness (QED) is 0.846. The van der Waals surface area contributed by atoms with Crippen molar-refractivity contribution >= 4 is 12.4 Å². The van der Waals surface area contributed by atoms with Crippen LogP contribution >= 0.6 is 12.4 Å². The summed E-state index contributed by atoms with van der Waals surface area (Å²) in [5.41, 5.74) is 5.73. The number of halogens is 1. The van der Waals surface area contributed by atoms with E-state index < -0.39 is 0 Å². The van der Waals surface area contributed by atoms with Gasteiger partial charge in [-0.25, -0.2) is 0 Å². The first-order valence-electron chi connectivity index (χ1n) is 7.20. The van der Waals surface area contributed by atoms with Gasteiger partial charge in [0.25, 0.3) is 0 Å². The molecule has 1 saturated heterocycles. The van der Waals surface area contributed by atoms with Gasteiger partial charge in [-0.15, -0.1) is 12.4 Å². The zero-order valence-corrected chi connectivity index (χ0v) is 12.1. The molecule has 2 aliphatic rings. The van der Waals surface area contributed by atoms with Crippen LogP contribution in [0.2, 0.25) is 0 Å². The number of nitrogens with zero attached hydrogens (tertiary/aromatic N) is 1. The van der Waals surface area contributed by atoms with Crippen molar-refractivity contribution in [2.24, 2.45) is 23.5 Å². The van der Waals surface area contributed by atoms with Crippen molar-refractivity contribution in [2.75, 3.05) is 26.2 Å². The second-order valence-electron chi connectivity index (χ2n) is 6.11. The fourth-order valence-corrected chi connectivity index (χ4v) is 3.28. The van der Waals surface area contributed by atoms with E-state index in [9.17, 15) is 0 Å². The van der Waals surface area contributed by atoms with Crippen molar-refractivity contribution in [2.45, 2.75) is 45.4 Å². The molecule has 2 fully saturated rings. The number of piperidine rings is 1. The Balaban J connectivity index is 0.00000144. The van der Waals surface area contributed by atoms with Gasteiger partial charge in [0, 0.05) is 6.54 Å². The average Bonchev–Trinajstić information content (AvgIpc) is 2.33. The Morgan fingerprint density at radius 1 is 0.941 bits per heavy atom. The van der Waals surface area contributed by atoms with E-state index >= 15 is 0 Å². The first-order chi connectivity index (χ1) is 7.78. The lowest BCUT2D eigenvalue weighted by Crippen LogP contribution is -2.39. The van der Waals surface area contributed by atoms with Crippen molar-refractivity contribution < 1.29 is 0 Å². The summed E-state index contributed by atoms with van der Waals surface area (Å²) in [6.45, 7) is 7.27. The van der Waals surface area contributed by atoms with Crippen LogP contribution in [-0.4, -0.2) is 31.1 Å². The van der Waals surface area contributed by atoms with E-state index in [2.05, 4.69) is 11.8 Å². The summed E-state index contributed by atoms with van der Waals surface area (Å²) < 4.78 is 0. The van der Waals surface area contributed by atoms with Gasteiger partial charge in [0.05, 0.1) is 0 Å². The van der Waals surface area contributed by atoms with Gasteiger partial charge in [-0.05, 0) is 63.1 Å². The van der Waals surface area contributed by atoms with Crippen LogP contribution in [0.15, 0.2) is 0 Å². The van der Waals surface area contributed by atoms with E-state index in [-0.39, 0.29) is 12.4 Å². The molecule has 0 amide bonds. The Hall–Kier alpha value is 0.210. The summed E-state index contributed by atoms with van der Waals surface area (Å²) in [6, 6.07) is 0. The van der Waals surface area contributed by atoms with Crippen molar-refractivity contribution in [1.29, 1.82) is 0 Å². The van der Waals surface area contributed by atoms with Gasteiger partial charge >= 0.3 is 0 Å². The Kier molecular flexibility index (Phi) is 6.83. The number of hydrogen-bond donors (Lipinski definition) is 1. The van der Waals surface area contributed by atoms with E-state index in [1.807, 2.05) is 0 Å². The Morgan fingerprint density at radius 3 is 2.06 bits per heavy atom. The van der Waals surface area contributed by atoms with E-state index in [4.69, 9.17) is 5.73 Å². The third kappa shape index (κ3) is 4.76. The minimum Gasteiger partial charge on any atom is -0.330 e. The van der Waals surface area contributed by atoms with Crippen molar-refractivity contribution in [1.82, 2.24) is 4.90 Å². The summed E-state index contributed by atoms with van der Waals surface area (Å²) in [4.78, 5) is 2.69. The highest BCUT2D eigenvalue weighted by molar-refractivity contribution is 5.85. The van der Waals surface area contributed by atoms with E-state index in [0.717, 1.165) is 24.3 Å². The lowest BCUT2D eigenvalue weighted by molar-refractivity contribution is 0.140. The van der Waals surface area contributed by atoms with Crippen LogP contribution in [0.1, 0.15) is 45.4 Å². The first kappa shape index (κ1) is 15.3. The van der Waals surface area contributed by atoms with Gasteiger partial charge in [0.1, 0.15) is 0 Å². The highest BCUT2D eigenvalue weighted by atomic mass is 35.5. The number of nitrogens with two attached hydrogens (primary N) is 1. The predicted molar refractivity (Wildman–Crippen MR) is 76.6 cm³/mol. The Morgan fingerprint density at radius 2 is 1.53 bits per heavy atom. The van der Waals surface area contributed by atoms with Crippen LogP contribution in [-0.2, 0) is 0 Å². The minimum absolute atomic E-state index is 0. The smallest absolute Gasteiger partial charge is 0.000966 e. The third-order valence-electron chi connectivity index (χ3n) is 4.69. The van der Waals surface area contributed by atoms with Gasteiger partial charge in [-0.3, -0.25) is 0 Å². The maximum atomic E-state index is 5.73. The van der Waals surface area contributed by atoms with Crippen LogP contribution in [0, 0.1) is 17.8 Å². The molecule has 0 aromatic rings. The molecule has 102 valence electrons. The topological polar surface area (TPSA) is 29.3 Å². The molecule has 1 heterocycles. The molecule has 2 rings (SSSR count). The van der Waals surface area contributed by atoms with Gasteiger partial charge in [0.2, 0.25) is 0 Å². The highest BCUT2D eigenvalue weighted by Gasteiger charge is 2.23. The Bertz CT molecular complexity index is 194. The second-order valence-corrected chi connectivity index (χ2v) is 6.11. The summed E-state index contributed by atoms with van der Waals surface area (Å²) in [5, 5.41) is 0. The third-order valence-corrected chi connectivity index (χ3v) is 4.69. The minimum atomic E-state index is 0. The fourth-order valence-electron chi connectivity index (χ4n) is 3.28. The lowest BCUT2D eigenvalue weighted by Gasteiger charge is -2.35. The zero-order chi connectivity index (χ0) is 11.4. The molecule has 1 saturated carbocycles. The molecule has 1 aliphatic carbocycles. The molecule has 1 aliphatic heterocycles. The monoisotopic (exact) mass is 260 g/mol. The van der Waals surface area contributed by atoms with E-state index in [0.29, 0.717) is 0 Å². The van der Waals surface area contributed by atoms with Gasteiger partial charge < -0.3 is 10.6 Å². The maximum absolute atomic E-state index is 5.73. The molecule has 0 spiro atoms. The Labute approximate surface area is 113 Å². The number of likely N-dealkylation sites (tertiary alicyclic amines) is 1. The zero-order valence-electron chi connectivity index (χ0n) is 11.2. The molecular weight excluding hydrogens is 232 g/mol. The van der Waals surface area contributed by atoms with Crippen molar-refractivity contribution in [3.05, 3.63) is 0 Å². The molecule has 0 bridgehead atoms. The fraction of sp³-hybridized carbons (Fsp3) is 1.00.